The van der Waals surface area contributed by atoms with Gasteiger partial charge >= 0.3 is 6.01 Å². The largest absolute Gasteiger partial charge is 0.480 e. The minimum absolute atomic E-state index is 0.228. The lowest BCUT2D eigenvalue weighted by molar-refractivity contribution is 0.279. The fourth-order valence-electron chi connectivity index (χ4n) is 2.87. The zero-order valence-electron chi connectivity index (χ0n) is 13.5. The Morgan fingerprint density at radius 2 is 2.09 bits per heavy atom. The molecule has 2 heterocycles. The lowest BCUT2D eigenvalue weighted by Gasteiger charge is -2.10. The molecule has 3 rings (SSSR count). The first-order valence-electron chi connectivity index (χ1n) is 7.58. The molecule has 0 saturated heterocycles. The molecule has 2 unspecified atom stereocenters. The van der Waals surface area contributed by atoms with Crippen LogP contribution >= 0.6 is 0 Å². The summed E-state index contributed by atoms with van der Waals surface area (Å²) in [5.74, 6) is 1.38. The summed E-state index contributed by atoms with van der Waals surface area (Å²) in [4.78, 5) is 8.31. The highest BCUT2D eigenvalue weighted by atomic mass is 16.5. The van der Waals surface area contributed by atoms with Crippen LogP contribution in [0.4, 0.5) is 0 Å². The molecule has 0 aliphatic heterocycles. The second kappa shape index (κ2) is 6.45. The Balaban J connectivity index is 1.95. The number of hydrogen-bond donors (Lipinski definition) is 1. The first-order chi connectivity index (χ1) is 11.2. The monoisotopic (exact) mass is 316 g/mol. The summed E-state index contributed by atoms with van der Waals surface area (Å²) in [5.41, 5.74) is 3.46. The highest BCUT2D eigenvalue weighted by molar-refractivity contribution is 5.64. The van der Waals surface area contributed by atoms with Gasteiger partial charge in [0.15, 0.2) is 0 Å². The van der Waals surface area contributed by atoms with Gasteiger partial charge in [-0.05, 0) is 43.2 Å². The van der Waals surface area contributed by atoms with Gasteiger partial charge in [0.05, 0.1) is 25.5 Å². The van der Waals surface area contributed by atoms with Crippen LogP contribution < -0.4 is 9.47 Å². The third kappa shape index (κ3) is 3.10. The van der Waals surface area contributed by atoms with Crippen molar-refractivity contribution in [1.29, 1.82) is 0 Å². The van der Waals surface area contributed by atoms with Gasteiger partial charge in [0.25, 0.3) is 0 Å². The molecule has 1 N–H and O–H groups in total. The van der Waals surface area contributed by atoms with Crippen molar-refractivity contribution in [1.82, 2.24) is 20.2 Å². The summed E-state index contributed by atoms with van der Waals surface area (Å²) in [6.07, 6.45) is 3.55. The summed E-state index contributed by atoms with van der Waals surface area (Å²) >= 11 is 0. The average molecular weight is 316 g/mol. The number of aliphatic hydroxyl groups excluding tert-OH is 1. The first-order valence-corrected chi connectivity index (χ1v) is 7.58. The molecule has 1 saturated carbocycles. The van der Waals surface area contributed by atoms with E-state index >= 15 is 0 Å². The minimum Gasteiger partial charge on any atom is -0.480 e. The average Bonchev–Trinajstić information content (AvgIpc) is 3.34. The van der Waals surface area contributed by atoms with Gasteiger partial charge in [-0.15, -0.1) is 5.10 Å². The van der Waals surface area contributed by atoms with E-state index in [1.54, 1.807) is 13.3 Å². The summed E-state index contributed by atoms with van der Waals surface area (Å²) in [5, 5.41) is 17.6. The van der Waals surface area contributed by atoms with Crippen molar-refractivity contribution in [2.45, 2.75) is 25.7 Å². The fraction of sp³-hybridized carbons (Fsp3) is 0.500. The molecule has 0 bridgehead atoms. The molecular weight excluding hydrogens is 296 g/mol. The number of aliphatic hydroxyl groups is 1. The topological polar surface area (TPSA) is 90.2 Å². The summed E-state index contributed by atoms with van der Waals surface area (Å²) < 4.78 is 10.3. The van der Waals surface area contributed by atoms with Gasteiger partial charge in [-0.2, -0.15) is 10.1 Å². The predicted octanol–water partition coefficient (Wildman–Crippen LogP) is 1.75. The van der Waals surface area contributed by atoms with Crippen LogP contribution in [0.2, 0.25) is 0 Å². The molecule has 1 fully saturated rings. The van der Waals surface area contributed by atoms with Gasteiger partial charge in [0, 0.05) is 12.8 Å². The van der Waals surface area contributed by atoms with Crippen molar-refractivity contribution in [3.8, 4) is 23.1 Å². The lowest BCUT2D eigenvalue weighted by atomic mass is 10.0. The third-order valence-electron chi connectivity index (χ3n) is 4.22. The SMILES string of the molecule is COc1ncc(-c2cc(C3CC3CCO)c(C)nn2)c(OC)n1. The summed E-state index contributed by atoms with van der Waals surface area (Å²) in [6, 6.07) is 2.27. The van der Waals surface area contributed by atoms with Crippen LogP contribution in [0, 0.1) is 12.8 Å². The first kappa shape index (κ1) is 15.6. The third-order valence-corrected chi connectivity index (χ3v) is 4.22. The fourth-order valence-corrected chi connectivity index (χ4v) is 2.87. The smallest absolute Gasteiger partial charge is 0.319 e. The Bertz CT molecular complexity index is 708. The zero-order valence-corrected chi connectivity index (χ0v) is 13.5. The quantitative estimate of drug-likeness (QED) is 0.868. The molecule has 122 valence electrons. The molecule has 7 nitrogen and oxygen atoms in total. The van der Waals surface area contributed by atoms with Crippen LogP contribution in [-0.4, -0.2) is 46.1 Å². The maximum absolute atomic E-state index is 9.09. The van der Waals surface area contributed by atoms with Crippen LogP contribution in [0.3, 0.4) is 0 Å². The number of nitrogens with zero attached hydrogens (tertiary/aromatic N) is 4. The molecule has 1 aliphatic carbocycles. The van der Waals surface area contributed by atoms with E-state index in [0.717, 1.165) is 18.5 Å². The standard InChI is InChI=1S/C16H20N4O3/c1-9-11(12-6-10(12)4-5-21)7-14(20-19-9)13-8-17-16(23-3)18-15(13)22-2/h7-8,10,12,21H,4-6H2,1-3H3. The van der Waals surface area contributed by atoms with E-state index in [1.807, 2.05) is 13.0 Å². The minimum atomic E-state index is 0.228. The number of aromatic nitrogens is 4. The molecule has 2 aromatic heterocycles. The van der Waals surface area contributed by atoms with Gasteiger partial charge in [-0.3, -0.25) is 0 Å². The molecule has 2 atom stereocenters. The second-order valence-corrected chi connectivity index (χ2v) is 5.66. The molecule has 7 heteroatoms. The number of hydrogen-bond acceptors (Lipinski definition) is 7. The normalized spacial score (nSPS) is 19.5. The van der Waals surface area contributed by atoms with Crippen molar-refractivity contribution >= 4 is 0 Å². The van der Waals surface area contributed by atoms with Crippen molar-refractivity contribution in [3.05, 3.63) is 23.5 Å². The molecule has 0 radical (unpaired) electrons. The van der Waals surface area contributed by atoms with Crippen molar-refractivity contribution in [2.24, 2.45) is 5.92 Å². The van der Waals surface area contributed by atoms with Crippen LogP contribution in [0.5, 0.6) is 11.9 Å². The Morgan fingerprint density at radius 1 is 1.26 bits per heavy atom. The van der Waals surface area contributed by atoms with Gasteiger partial charge in [0.2, 0.25) is 5.88 Å². The van der Waals surface area contributed by atoms with Crippen LogP contribution in [-0.2, 0) is 0 Å². The van der Waals surface area contributed by atoms with Crippen molar-refractivity contribution in [3.63, 3.8) is 0 Å². The maximum atomic E-state index is 9.09. The molecule has 1 aliphatic rings. The van der Waals surface area contributed by atoms with Gasteiger partial charge in [-0.25, -0.2) is 4.98 Å². The highest BCUT2D eigenvalue weighted by Crippen LogP contribution is 2.50. The molecule has 23 heavy (non-hydrogen) atoms. The summed E-state index contributed by atoms with van der Waals surface area (Å²) in [6.45, 7) is 2.19. The molecular formula is C16H20N4O3. The maximum Gasteiger partial charge on any atom is 0.319 e. The van der Waals surface area contributed by atoms with E-state index in [-0.39, 0.29) is 12.6 Å². The Labute approximate surface area is 134 Å². The predicted molar refractivity (Wildman–Crippen MR) is 83.4 cm³/mol. The Morgan fingerprint density at radius 3 is 2.78 bits per heavy atom. The Kier molecular flexibility index (Phi) is 4.38. The van der Waals surface area contributed by atoms with E-state index < -0.39 is 0 Å². The molecule has 0 spiro atoms. The van der Waals surface area contributed by atoms with Crippen molar-refractivity contribution in [2.75, 3.05) is 20.8 Å². The van der Waals surface area contributed by atoms with E-state index in [1.165, 1.54) is 12.7 Å². The molecule has 0 aromatic carbocycles. The van der Waals surface area contributed by atoms with E-state index in [2.05, 4.69) is 20.2 Å². The lowest BCUT2D eigenvalue weighted by Crippen LogP contribution is -2.02. The zero-order chi connectivity index (χ0) is 16.4. The van der Waals surface area contributed by atoms with Crippen molar-refractivity contribution < 1.29 is 14.6 Å². The van der Waals surface area contributed by atoms with Gasteiger partial charge in [-0.1, -0.05) is 0 Å². The van der Waals surface area contributed by atoms with Crippen LogP contribution in [0.15, 0.2) is 12.3 Å². The van der Waals surface area contributed by atoms with Crippen LogP contribution in [0.25, 0.3) is 11.3 Å². The van der Waals surface area contributed by atoms with E-state index in [9.17, 15) is 0 Å². The highest BCUT2D eigenvalue weighted by Gasteiger charge is 2.39. The number of methoxy groups -OCH3 is 2. The van der Waals surface area contributed by atoms with Gasteiger partial charge in [0.1, 0.15) is 5.69 Å². The van der Waals surface area contributed by atoms with Gasteiger partial charge < -0.3 is 14.6 Å². The second-order valence-electron chi connectivity index (χ2n) is 5.66. The number of rotatable bonds is 6. The number of ether oxygens (including phenoxy) is 2. The van der Waals surface area contributed by atoms with E-state index in [0.29, 0.717) is 29.0 Å². The summed E-state index contributed by atoms with van der Waals surface area (Å²) in [7, 11) is 3.05. The molecule has 2 aromatic rings. The molecule has 0 amide bonds. The number of aryl methyl sites for hydroxylation is 1. The van der Waals surface area contributed by atoms with E-state index in [4.69, 9.17) is 14.6 Å². The Hall–Kier alpha value is -2.28. The van der Waals surface area contributed by atoms with Crippen LogP contribution in [0.1, 0.15) is 30.0 Å².